The molecule has 0 atom stereocenters. The molecule has 3 nitrogen and oxygen atoms in total. The summed E-state index contributed by atoms with van der Waals surface area (Å²) >= 11 is 0. The molecule has 3 heteroatoms. The second kappa shape index (κ2) is 6.58. The largest absolute Gasteiger partial charge is 0.293 e. The van der Waals surface area contributed by atoms with E-state index in [0.29, 0.717) is 0 Å². The molecule has 0 fully saturated rings. The van der Waals surface area contributed by atoms with Crippen LogP contribution in [-0.2, 0) is 0 Å². The molecule has 0 spiro atoms. The van der Waals surface area contributed by atoms with Crippen molar-refractivity contribution >= 4 is 0 Å². The maximum Gasteiger partial charge on any atom is 0.0609 e. The molecule has 0 radical (unpaired) electrons. The van der Waals surface area contributed by atoms with E-state index in [1.807, 2.05) is 0 Å². The van der Waals surface area contributed by atoms with Gasteiger partial charge in [-0.1, -0.05) is 13.8 Å². The molecule has 0 saturated heterocycles. The molecule has 0 aromatic rings. The van der Waals surface area contributed by atoms with E-state index in [-0.39, 0.29) is 0 Å². The summed E-state index contributed by atoms with van der Waals surface area (Å²) in [4.78, 5) is 2.18. The van der Waals surface area contributed by atoms with Gasteiger partial charge < -0.3 is 0 Å². The number of nitrogens with one attached hydrogen (secondary N) is 1. The lowest BCUT2D eigenvalue weighted by Crippen LogP contribution is -2.35. The molecule has 0 unspecified atom stereocenters. The zero-order chi connectivity index (χ0) is 8.69. The third-order valence-electron chi connectivity index (χ3n) is 1.68. The van der Waals surface area contributed by atoms with Crippen LogP contribution >= 0.6 is 0 Å². The highest BCUT2D eigenvalue weighted by Gasteiger charge is 1.97. The highest BCUT2D eigenvalue weighted by Crippen LogP contribution is 2.03. The number of nitrogens with zero attached hydrogens (tertiary/aromatic N) is 1. The van der Waals surface area contributed by atoms with Gasteiger partial charge in [-0.15, -0.1) is 0 Å². The predicted molar refractivity (Wildman–Crippen MR) is 48.9 cm³/mol. The Labute approximate surface area is 69.9 Å². The Balaban J connectivity index is 3.10. The fraction of sp³-hybridized carbons (Fsp3) is 1.00. The molecule has 0 rings (SSSR count). The number of nitrogens with two attached hydrogens (primary N) is 1. The molecule has 0 amide bonds. The molecule has 0 aromatic heterocycles. The van der Waals surface area contributed by atoms with Crippen LogP contribution in [0.25, 0.3) is 0 Å². The quantitative estimate of drug-likeness (QED) is 0.342. The second-order valence-corrected chi connectivity index (χ2v) is 3.48. The van der Waals surface area contributed by atoms with Gasteiger partial charge in [-0.2, -0.15) is 0 Å². The molecule has 11 heavy (non-hydrogen) atoms. The third kappa shape index (κ3) is 7.78. The smallest absolute Gasteiger partial charge is 0.0609 e. The number of rotatable bonds is 6. The topological polar surface area (TPSA) is 41.3 Å². The maximum absolute atomic E-state index is 5.17. The van der Waals surface area contributed by atoms with Crippen molar-refractivity contribution in [1.29, 1.82) is 0 Å². The number of hydrogen-bond donors (Lipinski definition) is 2. The van der Waals surface area contributed by atoms with Crippen LogP contribution in [0.1, 0.15) is 26.7 Å². The SMILES string of the molecule is CC(C)CCCN(C)CNN. The van der Waals surface area contributed by atoms with E-state index in [2.05, 4.69) is 31.2 Å². The van der Waals surface area contributed by atoms with Gasteiger partial charge in [0.1, 0.15) is 0 Å². The van der Waals surface area contributed by atoms with Crippen molar-refractivity contribution in [1.82, 2.24) is 10.3 Å². The van der Waals surface area contributed by atoms with E-state index < -0.39 is 0 Å². The van der Waals surface area contributed by atoms with Gasteiger partial charge in [0, 0.05) is 0 Å². The minimum atomic E-state index is 0.776. The van der Waals surface area contributed by atoms with Crippen LogP contribution in [0, 0.1) is 5.92 Å². The predicted octanol–water partition coefficient (Wildman–Crippen LogP) is 0.775. The second-order valence-electron chi connectivity index (χ2n) is 3.48. The van der Waals surface area contributed by atoms with Gasteiger partial charge in [0.05, 0.1) is 6.67 Å². The summed E-state index contributed by atoms with van der Waals surface area (Å²) in [5.74, 6) is 5.98. The summed E-state index contributed by atoms with van der Waals surface area (Å²) in [6.07, 6.45) is 2.56. The average Bonchev–Trinajstić information content (AvgIpc) is 1.87. The third-order valence-corrected chi connectivity index (χ3v) is 1.68. The maximum atomic E-state index is 5.17. The van der Waals surface area contributed by atoms with Crippen LogP contribution in [-0.4, -0.2) is 25.2 Å². The Hall–Kier alpha value is -0.120. The molecule has 0 aliphatic rings. The summed E-state index contributed by atoms with van der Waals surface area (Å²) in [6, 6.07) is 0. The summed E-state index contributed by atoms with van der Waals surface area (Å²) in [5, 5.41) is 0. The Morgan fingerprint density at radius 3 is 2.55 bits per heavy atom. The minimum Gasteiger partial charge on any atom is -0.293 e. The molecule has 0 aliphatic carbocycles. The first-order valence-electron chi connectivity index (χ1n) is 4.28. The van der Waals surface area contributed by atoms with E-state index in [1.54, 1.807) is 0 Å². The van der Waals surface area contributed by atoms with Crippen LogP contribution in [0.5, 0.6) is 0 Å². The van der Waals surface area contributed by atoms with Crippen molar-refractivity contribution in [2.45, 2.75) is 26.7 Å². The Kier molecular flexibility index (Phi) is 6.51. The molecule has 0 aliphatic heterocycles. The normalized spacial score (nSPS) is 11.5. The highest BCUT2D eigenvalue weighted by atomic mass is 15.3. The van der Waals surface area contributed by atoms with Gasteiger partial charge in [0.2, 0.25) is 0 Å². The van der Waals surface area contributed by atoms with Crippen LogP contribution in [0.4, 0.5) is 0 Å². The van der Waals surface area contributed by atoms with E-state index in [4.69, 9.17) is 5.84 Å². The van der Waals surface area contributed by atoms with Crippen molar-refractivity contribution in [3.8, 4) is 0 Å². The Morgan fingerprint density at radius 2 is 2.09 bits per heavy atom. The standard InChI is InChI=1S/C8H21N3/c1-8(2)5-4-6-11(3)7-10-9/h8,10H,4-7,9H2,1-3H3. The molecular weight excluding hydrogens is 138 g/mol. The first-order valence-corrected chi connectivity index (χ1v) is 4.28. The van der Waals surface area contributed by atoms with Crippen molar-refractivity contribution in [2.75, 3.05) is 20.3 Å². The fourth-order valence-electron chi connectivity index (χ4n) is 1.00. The zero-order valence-corrected chi connectivity index (χ0v) is 7.93. The molecular formula is C8H21N3. The van der Waals surface area contributed by atoms with Crippen molar-refractivity contribution in [2.24, 2.45) is 11.8 Å². The Bertz CT molecular complexity index is 83.4. The van der Waals surface area contributed by atoms with E-state index >= 15 is 0 Å². The number of hydrazine groups is 1. The fourth-order valence-corrected chi connectivity index (χ4v) is 1.00. The average molecular weight is 159 g/mol. The summed E-state index contributed by atoms with van der Waals surface area (Å²) in [7, 11) is 2.07. The van der Waals surface area contributed by atoms with Crippen LogP contribution in [0.2, 0.25) is 0 Å². The van der Waals surface area contributed by atoms with Gasteiger partial charge in [-0.3, -0.25) is 10.7 Å². The summed E-state index contributed by atoms with van der Waals surface area (Å²) in [6.45, 7) is 6.41. The van der Waals surface area contributed by atoms with Crippen molar-refractivity contribution in [3.63, 3.8) is 0 Å². The van der Waals surface area contributed by atoms with Crippen LogP contribution in [0.3, 0.4) is 0 Å². The van der Waals surface area contributed by atoms with Gasteiger partial charge in [0.15, 0.2) is 0 Å². The first kappa shape index (κ1) is 10.9. The lowest BCUT2D eigenvalue weighted by Gasteiger charge is -2.15. The monoisotopic (exact) mass is 159 g/mol. The molecule has 0 bridgehead atoms. The Morgan fingerprint density at radius 1 is 1.45 bits per heavy atom. The lowest BCUT2D eigenvalue weighted by molar-refractivity contribution is 0.296. The van der Waals surface area contributed by atoms with Gasteiger partial charge in [-0.05, 0) is 32.4 Å². The first-order chi connectivity index (χ1) is 5.16. The lowest BCUT2D eigenvalue weighted by atomic mass is 10.1. The molecule has 0 heterocycles. The van der Waals surface area contributed by atoms with Crippen LogP contribution < -0.4 is 11.3 Å². The molecule has 3 N–H and O–H groups in total. The van der Waals surface area contributed by atoms with Crippen LogP contribution in [0.15, 0.2) is 0 Å². The van der Waals surface area contributed by atoms with E-state index in [1.165, 1.54) is 12.8 Å². The molecule has 0 aromatic carbocycles. The van der Waals surface area contributed by atoms with Crippen molar-refractivity contribution in [3.05, 3.63) is 0 Å². The molecule has 0 saturated carbocycles. The van der Waals surface area contributed by atoms with Gasteiger partial charge in [-0.25, -0.2) is 5.43 Å². The van der Waals surface area contributed by atoms with E-state index in [9.17, 15) is 0 Å². The van der Waals surface area contributed by atoms with Gasteiger partial charge >= 0.3 is 0 Å². The van der Waals surface area contributed by atoms with Gasteiger partial charge in [0.25, 0.3) is 0 Å². The zero-order valence-electron chi connectivity index (χ0n) is 7.93. The molecule has 68 valence electrons. The minimum absolute atomic E-state index is 0.776. The highest BCUT2D eigenvalue weighted by molar-refractivity contribution is 4.51. The van der Waals surface area contributed by atoms with Crippen molar-refractivity contribution < 1.29 is 0 Å². The summed E-state index contributed by atoms with van der Waals surface area (Å²) < 4.78 is 0. The van der Waals surface area contributed by atoms with E-state index in [0.717, 1.165) is 19.1 Å². The summed E-state index contributed by atoms with van der Waals surface area (Å²) in [5.41, 5.74) is 2.63. The number of hydrogen-bond acceptors (Lipinski definition) is 3.